The lowest BCUT2D eigenvalue weighted by atomic mass is 10.1. The lowest BCUT2D eigenvalue weighted by Gasteiger charge is -2.09. The number of para-hydroxylation sites is 1. The maximum absolute atomic E-state index is 13.8. The first-order chi connectivity index (χ1) is 7.65. The fourth-order valence-corrected chi connectivity index (χ4v) is 2.10. The molecular weight excluding hydrogens is 203 g/mol. The van der Waals surface area contributed by atoms with Gasteiger partial charge in [-0.05, 0) is 38.4 Å². The van der Waals surface area contributed by atoms with Gasteiger partial charge in [0.1, 0.15) is 5.82 Å². The van der Waals surface area contributed by atoms with E-state index in [1.54, 1.807) is 6.07 Å². The van der Waals surface area contributed by atoms with Crippen molar-refractivity contribution < 1.29 is 4.39 Å². The molecule has 0 unspecified atom stereocenters. The predicted molar refractivity (Wildman–Crippen MR) is 65.0 cm³/mol. The highest BCUT2D eigenvalue weighted by Crippen LogP contribution is 2.27. The summed E-state index contributed by atoms with van der Waals surface area (Å²) in [6.07, 6.45) is 2.81. The summed E-state index contributed by atoms with van der Waals surface area (Å²) in [6, 6.07) is 5.48. The molecule has 86 valence electrons. The molecule has 0 atom stereocenters. The van der Waals surface area contributed by atoms with Gasteiger partial charge in [0.15, 0.2) is 0 Å². The Morgan fingerprint density at radius 3 is 2.75 bits per heavy atom. The number of benzene rings is 1. The van der Waals surface area contributed by atoms with Crippen LogP contribution in [-0.2, 0) is 6.42 Å². The van der Waals surface area contributed by atoms with E-state index in [9.17, 15) is 4.39 Å². The van der Waals surface area contributed by atoms with Crippen molar-refractivity contribution in [2.24, 2.45) is 5.73 Å². The van der Waals surface area contributed by atoms with E-state index in [0.29, 0.717) is 12.1 Å². The minimum absolute atomic E-state index is 0.158. The maximum Gasteiger partial charge on any atom is 0.147 e. The van der Waals surface area contributed by atoms with Gasteiger partial charge in [-0.25, -0.2) is 4.39 Å². The van der Waals surface area contributed by atoms with E-state index in [1.807, 2.05) is 16.8 Å². The Hall–Kier alpha value is -1.35. The topological polar surface area (TPSA) is 30.9 Å². The summed E-state index contributed by atoms with van der Waals surface area (Å²) in [7, 11) is 0. The summed E-state index contributed by atoms with van der Waals surface area (Å²) >= 11 is 0. The van der Waals surface area contributed by atoms with Gasteiger partial charge >= 0.3 is 0 Å². The molecule has 16 heavy (non-hydrogen) atoms. The molecule has 0 saturated carbocycles. The third-order valence-corrected chi connectivity index (χ3v) is 2.86. The van der Waals surface area contributed by atoms with Crippen molar-refractivity contribution in [3.8, 4) is 0 Å². The first-order valence-corrected chi connectivity index (χ1v) is 5.63. The summed E-state index contributed by atoms with van der Waals surface area (Å²) in [5, 5.41) is 0.985. The highest BCUT2D eigenvalue weighted by atomic mass is 19.1. The Labute approximate surface area is 94.9 Å². The first-order valence-electron chi connectivity index (χ1n) is 5.63. The van der Waals surface area contributed by atoms with Crippen LogP contribution in [0.3, 0.4) is 0 Å². The number of halogens is 1. The van der Waals surface area contributed by atoms with Crippen molar-refractivity contribution in [3.05, 3.63) is 35.8 Å². The van der Waals surface area contributed by atoms with Crippen molar-refractivity contribution in [1.29, 1.82) is 0 Å². The normalized spacial score (nSPS) is 11.6. The Morgan fingerprint density at radius 2 is 2.12 bits per heavy atom. The van der Waals surface area contributed by atoms with E-state index in [1.165, 1.54) is 6.07 Å². The van der Waals surface area contributed by atoms with E-state index in [0.717, 1.165) is 17.4 Å². The van der Waals surface area contributed by atoms with Crippen molar-refractivity contribution in [1.82, 2.24) is 4.57 Å². The third-order valence-electron chi connectivity index (χ3n) is 2.86. The van der Waals surface area contributed by atoms with Gasteiger partial charge in [0.05, 0.1) is 5.52 Å². The van der Waals surface area contributed by atoms with Gasteiger partial charge < -0.3 is 10.3 Å². The molecule has 0 bridgehead atoms. The average molecular weight is 220 g/mol. The van der Waals surface area contributed by atoms with Crippen molar-refractivity contribution in [3.63, 3.8) is 0 Å². The molecule has 0 radical (unpaired) electrons. The number of nitrogens with zero attached hydrogens (tertiary/aromatic N) is 1. The summed E-state index contributed by atoms with van der Waals surface area (Å²) in [5.74, 6) is -0.158. The van der Waals surface area contributed by atoms with Crippen LogP contribution in [0.5, 0.6) is 0 Å². The van der Waals surface area contributed by atoms with Gasteiger partial charge in [0.2, 0.25) is 0 Å². The van der Waals surface area contributed by atoms with Crippen LogP contribution in [0.2, 0.25) is 0 Å². The number of nitrogens with two attached hydrogens (primary N) is 1. The molecule has 1 aromatic heterocycles. The maximum atomic E-state index is 13.8. The highest BCUT2D eigenvalue weighted by Gasteiger charge is 2.13. The molecule has 2 N–H and O–H groups in total. The Bertz CT molecular complexity index is 500. The van der Waals surface area contributed by atoms with Crippen LogP contribution in [0.15, 0.2) is 24.4 Å². The first kappa shape index (κ1) is 11.1. The molecule has 0 aliphatic carbocycles. The van der Waals surface area contributed by atoms with Crippen LogP contribution < -0.4 is 5.73 Å². The molecule has 0 fully saturated rings. The van der Waals surface area contributed by atoms with E-state index < -0.39 is 0 Å². The minimum Gasteiger partial charge on any atom is -0.342 e. The number of aromatic nitrogens is 1. The van der Waals surface area contributed by atoms with Gasteiger partial charge in [-0.1, -0.05) is 12.1 Å². The van der Waals surface area contributed by atoms with Gasteiger partial charge in [-0.2, -0.15) is 0 Å². The van der Waals surface area contributed by atoms with Crippen molar-refractivity contribution in [2.75, 3.05) is 6.54 Å². The van der Waals surface area contributed by atoms with Crippen LogP contribution in [0.25, 0.3) is 10.9 Å². The molecule has 0 aliphatic rings. The third kappa shape index (κ3) is 1.71. The standard InChI is InChI=1S/C13H17FN2/c1-9(2)16-8-10(6-7-15)11-4-3-5-12(14)13(11)16/h3-5,8-9H,6-7,15H2,1-2H3. The number of hydrogen-bond acceptors (Lipinski definition) is 1. The highest BCUT2D eigenvalue weighted by molar-refractivity contribution is 5.84. The Kier molecular flexibility index (Phi) is 2.97. The van der Waals surface area contributed by atoms with E-state index >= 15 is 0 Å². The Balaban J connectivity index is 2.71. The second kappa shape index (κ2) is 4.26. The lowest BCUT2D eigenvalue weighted by molar-refractivity contribution is 0.587. The van der Waals surface area contributed by atoms with Gasteiger partial charge in [-0.15, -0.1) is 0 Å². The van der Waals surface area contributed by atoms with Crippen LogP contribution in [-0.4, -0.2) is 11.1 Å². The van der Waals surface area contributed by atoms with Crippen LogP contribution in [0, 0.1) is 5.82 Å². The van der Waals surface area contributed by atoms with Crippen molar-refractivity contribution in [2.45, 2.75) is 26.3 Å². The minimum atomic E-state index is -0.158. The molecule has 1 heterocycles. The van der Waals surface area contributed by atoms with Gasteiger partial charge in [-0.3, -0.25) is 0 Å². The average Bonchev–Trinajstić information content (AvgIpc) is 2.60. The molecule has 2 rings (SSSR count). The molecule has 0 amide bonds. The molecule has 0 saturated heterocycles. The zero-order valence-electron chi connectivity index (χ0n) is 9.70. The molecule has 0 aliphatic heterocycles. The van der Waals surface area contributed by atoms with Crippen LogP contribution in [0.4, 0.5) is 4.39 Å². The van der Waals surface area contributed by atoms with Crippen LogP contribution in [0.1, 0.15) is 25.5 Å². The van der Waals surface area contributed by atoms with Gasteiger partial charge in [0, 0.05) is 17.6 Å². The molecule has 0 spiro atoms. The second-order valence-electron chi connectivity index (χ2n) is 4.33. The van der Waals surface area contributed by atoms with E-state index in [-0.39, 0.29) is 11.9 Å². The SMILES string of the molecule is CC(C)n1cc(CCN)c2cccc(F)c21. The second-order valence-corrected chi connectivity index (χ2v) is 4.33. The Morgan fingerprint density at radius 1 is 1.38 bits per heavy atom. The summed E-state index contributed by atoms with van der Waals surface area (Å²) in [4.78, 5) is 0. The smallest absolute Gasteiger partial charge is 0.147 e. The molecule has 2 nitrogen and oxygen atoms in total. The number of rotatable bonds is 3. The summed E-state index contributed by atoms with van der Waals surface area (Å²) in [6.45, 7) is 4.70. The molecule has 1 aromatic carbocycles. The fourth-order valence-electron chi connectivity index (χ4n) is 2.10. The summed E-state index contributed by atoms with van der Waals surface area (Å²) in [5.41, 5.74) is 7.40. The molecular formula is C13H17FN2. The van der Waals surface area contributed by atoms with Crippen LogP contribution >= 0.6 is 0 Å². The number of hydrogen-bond donors (Lipinski definition) is 1. The van der Waals surface area contributed by atoms with E-state index in [2.05, 4.69) is 13.8 Å². The monoisotopic (exact) mass is 220 g/mol. The summed E-state index contributed by atoms with van der Waals surface area (Å²) < 4.78 is 15.8. The largest absolute Gasteiger partial charge is 0.342 e. The van der Waals surface area contributed by atoms with Crippen molar-refractivity contribution >= 4 is 10.9 Å². The molecule has 2 aromatic rings. The van der Waals surface area contributed by atoms with E-state index in [4.69, 9.17) is 5.73 Å². The predicted octanol–water partition coefficient (Wildman–Crippen LogP) is 2.86. The fraction of sp³-hybridized carbons (Fsp3) is 0.385. The number of fused-ring (bicyclic) bond motifs is 1. The zero-order valence-corrected chi connectivity index (χ0v) is 9.70. The molecule has 3 heteroatoms. The zero-order chi connectivity index (χ0) is 11.7. The van der Waals surface area contributed by atoms with Gasteiger partial charge in [0.25, 0.3) is 0 Å². The lowest BCUT2D eigenvalue weighted by Crippen LogP contribution is -2.02. The quantitative estimate of drug-likeness (QED) is 0.847.